The van der Waals surface area contributed by atoms with E-state index in [1.54, 1.807) is 6.20 Å². The number of hydrogen-bond acceptors (Lipinski definition) is 3. The summed E-state index contributed by atoms with van der Waals surface area (Å²) < 4.78 is 1.82. The lowest BCUT2D eigenvalue weighted by Crippen LogP contribution is -2.26. The molecule has 72 valence electrons. The second-order valence-corrected chi connectivity index (χ2v) is 4.29. The number of fused-ring (bicyclic) bond motifs is 1. The molecule has 0 aromatic carbocycles. The average molecular weight is 207 g/mol. The van der Waals surface area contributed by atoms with E-state index >= 15 is 0 Å². The normalized spacial score (nSPS) is 16.0. The van der Waals surface area contributed by atoms with Crippen LogP contribution in [0.3, 0.4) is 0 Å². The predicted octanol–water partition coefficient (Wildman–Crippen LogP) is 1.29. The molecule has 1 saturated carbocycles. The Hall–Kier alpha value is -1.36. The number of carbonyl (C=O) groups is 1. The van der Waals surface area contributed by atoms with Crippen molar-refractivity contribution in [1.82, 2.24) is 14.7 Å². The quantitative estimate of drug-likeness (QED) is 0.806. The molecule has 0 bridgehead atoms. The maximum absolute atomic E-state index is 11.7. The summed E-state index contributed by atoms with van der Waals surface area (Å²) in [5, 5.41) is 4.80. The molecular weight excluding hydrogens is 198 g/mol. The Balaban J connectivity index is 1.95. The number of amides is 1. The topological polar surface area (TPSA) is 46.4 Å². The van der Waals surface area contributed by atoms with E-state index in [1.807, 2.05) is 16.0 Å². The molecular formula is C9H9N3OS. The fraction of sp³-hybridized carbons (Fsp3) is 0.333. The van der Waals surface area contributed by atoms with Gasteiger partial charge in [0, 0.05) is 23.8 Å². The number of carbonyl (C=O) groups excluding carboxylic acids is 1. The first-order chi connectivity index (χ1) is 6.84. The molecule has 1 N–H and O–H groups in total. The largest absolute Gasteiger partial charge is 0.348 e. The van der Waals surface area contributed by atoms with Gasteiger partial charge in [0.2, 0.25) is 0 Å². The minimum atomic E-state index is 0.0109. The molecule has 2 aromatic heterocycles. The summed E-state index contributed by atoms with van der Waals surface area (Å²) in [6, 6.07) is 0.404. The molecule has 4 nitrogen and oxygen atoms in total. The van der Waals surface area contributed by atoms with Crippen LogP contribution < -0.4 is 5.32 Å². The maximum Gasteiger partial charge on any atom is 0.269 e. The molecule has 14 heavy (non-hydrogen) atoms. The highest BCUT2D eigenvalue weighted by Crippen LogP contribution is 2.20. The molecule has 1 amide bonds. The fourth-order valence-electron chi connectivity index (χ4n) is 1.38. The van der Waals surface area contributed by atoms with Crippen LogP contribution in [0.4, 0.5) is 0 Å². The average Bonchev–Trinajstić information content (AvgIpc) is 2.72. The van der Waals surface area contributed by atoms with Crippen LogP contribution in [-0.2, 0) is 0 Å². The van der Waals surface area contributed by atoms with Crippen molar-refractivity contribution in [2.75, 3.05) is 0 Å². The third-order valence-electron chi connectivity index (χ3n) is 2.29. The van der Waals surface area contributed by atoms with E-state index in [0.29, 0.717) is 11.7 Å². The first-order valence-corrected chi connectivity index (χ1v) is 5.44. The number of imidazole rings is 1. The van der Waals surface area contributed by atoms with Crippen molar-refractivity contribution in [3.8, 4) is 0 Å². The van der Waals surface area contributed by atoms with Gasteiger partial charge in [0.05, 0.1) is 0 Å². The van der Waals surface area contributed by atoms with Crippen molar-refractivity contribution in [3.63, 3.8) is 0 Å². The zero-order chi connectivity index (χ0) is 9.54. The summed E-state index contributed by atoms with van der Waals surface area (Å²) in [5.74, 6) is 0.0109. The van der Waals surface area contributed by atoms with Gasteiger partial charge in [-0.15, -0.1) is 11.3 Å². The van der Waals surface area contributed by atoms with Crippen LogP contribution >= 0.6 is 11.3 Å². The molecule has 1 aliphatic carbocycles. The van der Waals surface area contributed by atoms with Crippen LogP contribution in [0.15, 0.2) is 17.8 Å². The van der Waals surface area contributed by atoms with Crippen LogP contribution in [0.2, 0.25) is 0 Å². The number of aromatic nitrogens is 2. The molecule has 5 heteroatoms. The number of nitrogens with zero attached hydrogens (tertiary/aromatic N) is 2. The van der Waals surface area contributed by atoms with Crippen LogP contribution in [0.25, 0.3) is 4.96 Å². The van der Waals surface area contributed by atoms with Crippen LogP contribution in [0.1, 0.15) is 23.3 Å². The summed E-state index contributed by atoms with van der Waals surface area (Å²) in [6.45, 7) is 0. The highest BCUT2D eigenvalue weighted by atomic mass is 32.1. The second-order valence-electron chi connectivity index (χ2n) is 3.45. The van der Waals surface area contributed by atoms with Crippen molar-refractivity contribution in [2.24, 2.45) is 0 Å². The Kier molecular flexibility index (Phi) is 1.61. The molecule has 0 saturated heterocycles. The third kappa shape index (κ3) is 1.21. The Morgan fingerprint density at radius 3 is 3.29 bits per heavy atom. The van der Waals surface area contributed by atoms with Gasteiger partial charge in [-0.1, -0.05) is 0 Å². The minimum Gasteiger partial charge on any atom is -0.348 e. The second kappa shape index (κ2) is 2.81. The molecule has 3 rings (SSSR count). The monoisotopic (exact) mass is 207 g/mol. The lowest BCUT2D eigenvalue weighted by atomic mass is 10.4. The van der Waals surface area contributed by atoms with Gasteiger partial charge in [0.25, 0.3) is 5.91 Å². The number of rotatable bonds is 2. The molecule has 1 aliphatic rings. The zero-order valence-electron chi connectivity index (χ0n) is 7.43. The predicted molar refractivity (Wildman–Crippen MR) is 53.6 cm³/mol. The van der Waals surface area contributed by atoms with Gasteiger partial charge in [-0.3, -0.25) is 9.20 Å². The van der Waals surface area contributed by atoms with E-state index in [-0.39, 0.29) is 5.91 Å². The first-order valence-electron chi connectivity index (χ1n) is 4.56. The molecule has 0 atom stereocenters. The van der Waals surface area contributed by atoms with Gasteiger partial charge in [-0.25, -0.2) is 4.98 Å². The van der Waals surface area contributed by atoms with Gasteiger partial charge in [-0.2, -0.15) is 0 Å². The summed E-state index contributed by atoms with van der Waals surface area (Å²) in [5.41, 5.74) is 0.689. The summed E-state index contributed by atoms with van der Waals surface area (Å²) in [4.78, 5) is 16.7. The van der Waals surface area contributed by atoms with Gasteiger partial charge in [0.1, 0.15) is 5.69 Å². The van der Waals surface area contributed by atoms with Crippen molar-refractivity contribution in [1.29, 1.82) is 0 Å². The Morgan fingerprint density at radius 2 is 2.50 bits per heavy atom. The van der Waals surface area contributed by atoms with Crippen molar-refractivity contribution in [3.05, 3.63) is 23.5 Å². The van der Waals surface area contributed by atoms with Crippen molar-refractivity contribution < 1.29 is 4.79 Å². The first kappa shape index (κ1) is 7.99. The standard InChI is InChI=1S/C9H9N3OS/c13-8(11-6-1-2-6)7-5-14-9-10-3-4-12(7)9/h3-6H,1-2H2,(H,11,13). The lowest BCUT2D eigenvalue weighted by Gasteiger charge is -2.00. The molecule has 0 radical (unpaired) electrons. The number of nitrogens with one attached hydrogen (secondary N) is 1. The highest BCUT2D eigenvalue weighted by Gasteiger charge is 2.25. The Bertz CT molecular complexity index is 483. The van der Waals surface area contributed by atoms with Crippen molar-refractivity contribution in [2.45, 2.75) is 18.9 Å². The molecule has 2 aromatic rings. The van der Waals surface area contributed by atoms with Gasteiger partial charge in [-0.05, 0) is 12.8 Å². The summed E-state index contributed by atoms with van der Waals surface area (Å²) >= 11 is 1.49. The van der Waals surface area contributed by atoms with E-state index in [0.717, 1.165) is 17.8 Å². The number of thiazole rings is 1. The third-order valence-corrected chi connectivity index (χ3v) is 3.14. The summed E-state index contributed by atoms with van der Waals surface area (Å²) in [7, 11) is 0. The van der Waals surface area contributed by atoms with Gasteiger partial charge < -0.3 is 5.32 Å². The van der Waals surface area contributed by atoms with E-state index in [2.05, 4.69) is 10.3 Å². The zero-order valence-corrected chi connectivity index (χ0v) is 8.25. The SMILES string of the molecule is O=C(NC1CC1)c1csc2nccn12. The van der Waals surface area contributed by atoms with Crippen LogP contribution in [-0.4, -0.2) is 21.3 Å². The van der Waals surface area contributed by atoms with E-state index in [4.69, 9.17) is 0 Å². The highest BCUT2D eigenvalue weighted by molar-refractivity contribution is 7.15. The van der Waals surface area contributed by atoms with E-state index < -0.39 is 0 Å². The minimum absolute atomic E-state index is 0.0109. The van der Waals surface area contributed by atoms with Gasteiger partial charge >= 0.3 is 0 Å². The Morgan fingerprint density at radius 1 is 1.64 bits per heavy atom. The number of hydrogen-bond donors (Lipinski definition) is 1. The van der Waals surface area contributed by atoms with Crippen LogP contribution in [0, 0.1) is 0 Å². The van der Waals surface area contributed by atoms with E-state index in [1.165, 1.54) is 11.3 Å². The molecule has 0 spiro atoms. The Labute approximate surface area is 84.6 Å². The fourth-order valence-corrected chi connectivity index (χ4v) is 2.21. The molecule has 0 unspecified atom stereocenters. The molecule has 2 heterocycles. The molecule has 0 aliphatic heterocycles. The lowest BCUT2D eigenvalue weighted by molar-refractivity contribution is 0.0945. The van der Waals surface area contributed by atoms with Gasteiger partial charge in [0.15, 0.2) is 4.96 Å². The van der Waals surface area contributed by atoms with Crippen LogP contribution in [0.5, 0.6) is 0 Å². The van der Waals surface area contributed by atoms with E-state index in [9.17, 15) is 4.79 Å². The van der Waals surface area contributed by atoms with Crippen molar-refractivity contribution >= 4 is 22.2 Å². The maximum atomic E-state index is 11.7. The smallest absolute Gasteiger partial charge is 0.269 e. The summed E-state index contributed by atoms with van der Waals surface area (Å²) in [6.07, 6.45) is 5.75. The molecule has 1 fully saturated rings.